The van der Waals surface area contributed by atoms with Gasteiger partial charge in [-0.15, -0.1) is 0 Å². The van der Waals surface area contributed by atoms with Crippen LogP contribution in [0, 0.1) is 0 Å². The maximum atomic E-state index is 12.8. The molecule has 0 saturated heterocycles. The summed E-state index contributed by atoms with van der Waals surface area (Å²) in [7, 11) is 1.47. The molecule has 0 aliphatic carbocycles. The predicted octanol–water partition coefficient (Wildman–Crippen LogP) is 18.0. The normalized spacial score (nSPS) is 10.4. The smallest absolute Gasteiger partial charge is 0.417 e. The fourth-order valence-electron chi connectivity index (χ4n) is 5.92. The third-order valence-corrected chi connectivity index (χ3v) is 12.3. The molecule has 0 aliphatic heterocycles. The van der Waals surface area contributed by atoms with Crippen molar-refractivity contribution in [2.24, 2.45) is 0 Å². The van der Waals surface area contributed by atoms with Gasteiger partial charge in [0.25, 0.3) is 23.6 Å². The Bertz CT molecular complexity index is 3140. The van der Waals surface area contributed by atoms with Crippen LogP contribution in [0.5, 0.6) is 5.75 Å². The number of carbonyl (C=O) groups excluding carboxylic acids is 4. The molecule has 0 unspecified atom stereocenters. The van der Waals surface area contributed by atoms with Gasteiger partial charge in [-0.1, -0.05) is 141 Å². The number of halogens is 11. The van der Waals surface area contributed by atoms with Crippen LogP contribution in [0.25, 0.3) is 0 Å². The fourth-order valence-corrected chi connectivity index (χ4v) is 7.23. The van der Waals surface area contributed by atoms with Crippen molar-refractivity contribution in [3.8, 4) is 5.75 Å². The number of ether oxygens (including phenoxy) is 1. The lowest BCUT2D eigenvalue weighted by Gasteiger charge is -2.11. The van der Waals surface area contributed by atoms with Gasteiger partial charge in [-0.25, -0.2) is 0 Å². The van der Waals surface area contributed by atoms with Gasteiger partial charge < -0.3 is 26.0 Å². The molecule has 0 fully saturated rings. The van der Waals surface area contributed by atoms with Gasteiger partial charge in [-0.3, -0.25) is 19.2 Å². The predicted molar refractivity (Wildman–Crippen MR) is 295 cm³/mol. The lowest BCUT2D eigenvalue weighted by molar-refractivity contribution is -0.137. The molecule has 8 rings (SSSR count). The van der Waals surface area contributed by atoms with Crippen LogP contribution in [0.2, 0.25) is 40.2 Å². The van der Waals surface area contributed by atoms with E-state index in [-0.39, 0.29) is 23.3 Å². The van der Waals surface area contributed by atoms with Gasteiger partial charge in [-0.2, -0.15) is 13.2 Å². The van der Waals surface area contributed by atoms with E-state index < -0.39 is 22.7 Å². The Hall–Kier alpha value is -6.45. The minimum Gasteiger partial charge on any atom is -0.497 e. The summed E-state index contributed by atoms with van der Waals surface area (Å²) in [5.74, 6) is -0.847. The summed E-state index contributed by atoms with van der Waals surface area (Å²) in [5, 5.41) is 13.2. The molecule has 20 heteroatoms. The zero-order chi connectivity index (χ0) is 54.0. The Labute approximate surface area is 463 Å². The van der Waals surface area contributed by atoms with E-state index in [1.54, 1.807) is 97.1 Å². The van der Waals surface area contributed by atoms with E-state index in [1.165, 1.54) is 19.2 Å². The van der Waals surface area contributed by atoms with Gasteiger partial charge in [-0.05, 0) is 127 Å². The van der Waals surface area contributed by atoms with Crippen LogP contribution in [-0.2, 0) is 6.18 Å². The Morgan fingerprint density at radius 2 is 0.703 bits per heavy atom. The van der Waals surface area contributed by atoms with Gasteiger partial charge >= 0.3 is 6.18 Å². The van der Waals surface area contributed by atoms with Gasteiger partial charge in [0.1, 0.15) is 5.75 Å². The van der Waals surface area contributed by atoms with Crippen LogP contribution in [0.4, 0.5) is 35.9 Å². The number of nitrogens with one attached hydrogen (secondary N) is 4. The lowest BCUT2D eigenvalue weighted by atomic mass is 10.1. The topological polar surface area (TPSA) is 126 Å². The van der Waals surface area contributed by atoms with Crippen LogP contribution in [0.1, 0.15) is 47.0 Å². The van der Waals surface area contributed by atoms with E-state index in [9.17, 15) is 32.3 Å². The first kappa shape index (κ1) is 58.4. The molecule has 0 aromatic heterocycles. The van der Waals surface area contributed by atoms with Crippen LogP contribution in [-0.4, -0.2) is 30.7 Å². The van der Waals surface area contributed by atoms with Crippen molar-refractivity contribution in [2.75, 3.05) is 28.4 Å². The summed E-state index contributed by atoms with van der Waals surface area (Å²) in [4.78, 5) is 47.7. The number of hydrogen-bond donors (Lipinski definition) is 4. The van der Waals surface area contributed by atoms with Crippen molar-refractivity contribution < 1.29 is 37.1 Å². The Kier molecular flexibility index (Phi) is 22.3. The molecule has 380 valence electrons. The highest BCUT2D eigenvalue weighted by atomic mass is 35.5. The first-order valence-corrected chi connectivity index (χ1v) is 24.2. The molecule has 74 heavy (non-hydrogen) atoms. The number of para-hydroxylation sites is 2. The van der Waals surface area contributed by atoms with E-state index in [0.717, 1.165) is 23.5 Å². The molecule has 8 aromatic carbocycles. The molecule has 0 heterocycles. The van der Waals surface area contributed by atoms with E-state index in [0.29, 0.717) is 69.0 Å². The molecule has 0 radical (unpaired) electrons. The van der Waals surface area contributed by atoms with Crippen molar-refractivity contribution in [3.05, 3.63) is 250 Å². The summed E-state index contributed by atoms with van der Waals surface area (Å²) >= 11 is 46.2. The van der Waals surface area contributed by atoms with Gasteiger partial charge in [0, 0.05) is 56.1 Å². The third kappa shape index (κ3) is 18.5. The Morgan fingerprint density at radius 3 is 1.07 bits per heavy atom. The van der Waals surface area contributed by atoms with Crippen molar-refractivity contribution in [2.45, 2.75) is 6.18 Å². The minimum absolute atomic E-state index is 0.139. The monoisotopic (exact) mass is 1160 g/mol. The SMILES string of the molecule is COc1cccc(NC(=O)c2ccc(Cl)c(C(F)(F)F)c2)c1.O=C(Nc1cccc(Cl)c1)c1ccc(Cl)c(Cl)c1.O=C(Nc1ccccc1)c1ccc(Cl)c(Cl)c1.O=C(Nc1ccccc1)c1ccc(Cl)c(Cl)c1. The number of carbonyl (C=O) groups is 4. The molecule has 0 spiro atoms. The molecule has 0 atom stereocenters. The van der Waals surface area contributed by atoms with Crippen LogP contribution < -0.4 is 26.0 Å². The first-order chi connectivity index (χ1) is 35.2. The summed E-state index contributed by atoms with van der Waals surface area (Å²) in [6, 6.07) is 49.1. The number of benzene rings is 8. The second-order valence-electron chi connectivity index (χ2n) is 14.9. The zero-order valence-corrected chi connectivity index (χ0v) is 44.1. The quantitative estimate of drug-likeness (QED) is 0.115. The van der Waals surface area contributed by atoms with Gasteiger partial charge in [0.05, 0.1) is 47.8 Å². The second-order valence-corrected chi connectivity index (χ2v) is 18.2. The lowest BCUT2D eigenvalue weighted by Crippen LogP contribution is -2.14. The van der Waals surface area contributed by atoms with Crippen LogP contribution >= 0.6 is 92.8 Å². The number of anilines is 4. The van der Waals surface area contributed by atoms with Crippen molar-refractivity contribution in [1.82, 2.24) is 0 Å². The summed E-state index contributed by atoms with van der Waals surface area (Å²) in [5.41, 5.74) is 2.71. The van der Waals surface area contributed by atoms with E-state index >= 15 is 0 Å². The molecular formula is C54H37Cl8F3N4O5. The van der Waals surface area contributed by atoms with E-state index in [1.807, 2.05) is 60.7 Å². The average molecular weight is 1160 g/mol. The summed E-state index contributed by atoms with van der Waals surface area (Å²) in [6.07, 6.45) is -4.62. The second kappa shape index (κ2) is 28.3. The molecule has 0 saturated carbocycles. The highest BCUT2D eigenvalue weighted by Crippen LogP contribution is 2.35. The highest BCUT2D eigenvalue weighted by Gasteiger charge is 2.34. The number of rotatable bonds is 9. The zero-order valence-electron chi connectivity index (χ0n) is 38.0. The first-order valence-electron chi connectivity index (χ1n) is 21.2. The Balaban J connectivity index is 0.000000184. The molecule has 4 N–H and O–H groups in total. The fraction of sp³-hybridized carbons (Fsp3) is 0.0370. The van der Waals surface area contributed by atoms with Crippen LogP contribution in [0.3, 0.4) is 0 Å². The van der Waals surface area contributed by atoms with Crippen molar-refractivity contribution in [3.63, 3.8) is 0 Å². The third-order valence-electron chi connectivity index (χ3n) is 9.55. The molecule has 9 nitrogen and oxygen atoms in total. The molecule has 0 aliphatic rings. The molecular weight excluding hydrogens is 1130 g/mol. The van der Waals surface area contributed by atoms with Gasteiger partial charge in [0.15, 0.2) is 0 Å². The molecule has 8 aromatic rings. The minimum atomic E-state index is -4.62. The van der Waals surface area contributed by atoms with Crippen molar-refractivity contribution >= 4 is 139 Å². The Morgan fingerprint density at radius 1 is 0.365 bits per heavy atom. The van der Waals surface area contributed by atoms with Crippen molar-refractivity contribution in [1.29, 1.82) is 0 Å². The maximum Gasteiger partial charge on any atom is 0.417 e. The summed E-state index contributed by atoms with van der Waals surface area (Å²) < 4.78 is 43.4. The number of hydrogen-bond acceptors (Lipinski definition) is 5. The molecule has 0 bridgehead atoms. The van der Waals surface area contributed by atoms with E-state index in [4.69, 9.17) is 97.5 Å². The average Bonchev–Trinajstić information content (AvgIpc) is 3.37. The van der Waals surface area contributed by atoms with Gasteiger partial charge in [0.2, 0.25) is 0 Å². The summed E-state index contributed by atoms with van der Waals surface area (Å²) in [6.45, 7) is 0. The maximum absolute atomic E-state index is 12.8. The number of methoxy groups -OCH3 is 1. The largest absolute Gasteiger partial charge is 0.497 e. The van der Waals surface area contributed by atoms with Crippen LogP contribution in [0.15, 0.2) is 182 Å². The number of alkyl halides is 3. The molecule has 4 amide bonds. The standard InChI is InChI=1S/C15H11ClF3NO2.C13H8Cl3NO.2C13H9Cl2NO/c1-22-11-4-2-3-10(8-11)20-14(21)9-5-6-13(16)12(7-9)15(17,18)19;14-9-2-1-3-10(7-9)17-13(18)8-4-5-11(15)12(16)6-8;2*14-11-7-6-9(8-12(11)15)13(17)16-10-4-2-1-3-5-10/h2-8H,1H3,(H,20,21);1-7H,(H,17,18);2*1-8H,(H,16,17). The van der Waals surface area contributed by atoms with E-state index in [2.05, 4.69) is 21.3 Å². The number of amides is 4. The highest BCUT2D eigenvalue weighted by molar-refractivity contribution is 6.43.